The summed E-state index contributed by atoms with van der Waals surface area (Å²) in [5.74, 6) is -0.872. The van der Waals surface area contributed by atoms with Gasteiger partial charge in [0.25, 0.3) is 16.0 Å². The van der Waals surface area contributed by atoms with Crippen LogP contribution in [0.5, 0.6) is 0 Å². The molecular weight excluding hydrogens is 217 g/mol. The van der Waals surface area contributed by atoms with Crippen molar-refractivity contribution in [1.82, 2.24) is 5.48 Å². The Morgan fingerprint density at radius 2 is 2.14 bits per heavy atom. The van der Waals surface area contributed by atoms with E-state index >= 15 is 0 Å². The molecule has 0 fully saturated rings. The standard InChI is InChI=1S/C7H13NO4S.Na.H/c1-4-7(9)8-12-13(10,11)5-6(2)3;;/h4,6H,1,5H2,2-3H3,(H,8,9);;/q;+1;-1. The third kappa shape index (κ3) is 8.71. The van der Waals surface area contributed by atoms with E-state index in [9.17, 15) is 13.2 Å². The van der Waals surface area contributed by atoms with Gasteiger partial charge in [-0.2, -0.15) is 8.42 Å². The number of carbonyl (C=O) groups is 1. The molecule has 0 aromatic carbocycles. The van der Waals surface area contributed by atoms with Gasteiger partial charge in [-0.1, -0.05) is 20.4 Å². The molecule has 0 rings (SSSR count). The number of nitrogens with one attached hydrogen (secondary N) is 1. The zero-order valence-corrected chi connectivity index (χ0v) is 11.4. The van der Waals surface area contributed by atoms with Gasteiger partial charge in [0.15, 0.2) is 0 Å². The van der Waals surface area contributed by atoms with Crippen molar-refractivity contribution in [2.75, 3.05) is 5.75 Å². The number of carbonyl (C=O) groups excluding carboxylic acids is 1. The van der Waals surface area contributed by atoms with Crippen LogP contribution in [0, 0.1) is 5.92 Å². The molecule has 78 valence electrons. The van der Waals surface area contributed by atoms with Crippen LogP contribution in [0.25, 0.3) is 0 Å². The molecule has 0 unspecified atom stereocenters. The van der Waals surface area contributed by atoms with Crippen LogP contribution in [-0.4, -0.2) is 20.1 Å². The molecule has 0 bridgehead atoms. The van der Waals surface area contributed by atoms with Crippen molar-refractivity contribution < 1.29 is 48.5 Å². The van der Waals surface area contributed by atoms with Crippen molar-refractivity contribution in [2.24, 2.45) is 5.92 Å². The third-order valence-corrected chi connectivity index (χ3v) is 2.40. The van der Waals surface area contributed by atoms with Gasteiger partial charge < -0.3 is 1.43 Å². The summed E-state index contributed by atoms with van der Waals surface area (Å²) >= 11 is 0. The predicted molar refractivity (Wildman–Crippen MR) is 49.2 cm³/mol. The van der Waals surface area contributed by atoms with Crippen molar-refractivity contribution in [2.45, 2.75) is 13.8 Å². The molecule has 0 aliphatic heterocycles. The van der Waals surface area contributed by atoms with E-state index in [0.717, 1.165) is 6.08 Å². The quantitative estimate of drug-likeness (QED) is 0.318. The average Bonchev–Trinajstić information content (AvgIpc) is 1.98. The summed E-state index contributed by atoms with van der Waals surface area (Å²) in [6.45, 7) is 6.60. The maximum Gasteiger partial charge on any atom is 1.00 e. The van der Waals surface area contributed by atoms with Crippen LogP contribution in [-0.2, 0) is 19.2 Å². The molecule has 5 nitrogen and oxygen atoms in total. The Morgan fingerprint density at radius 3 is 2.50 bits per heavy atom. The Bertz CT molecular complexity index is 291. The molecule has 0 heterocycles. The Hall–Kier alpha value is 0.120. The molecule has 1 N–H and O–H groups in total. The van der Waals surface area contributed by atoms with Crippen LogP contribution in [0.1, 0.15) is 15.3 Å². The third-order valence-electron chi connectivity index (χ3n) is 0.992. The van der Waals surface area contributed by atoms with Crippen LogP contribution in [0.3, 0.4) is 0 Å². The normalized spacial score (nSPS) is 10.5. The van der Waals surface area contributed by atoms with Gasteiger partial charge in [0.05, 0.1) is 5.75 Å². The maximum absolute atomic E-state index is 11.0. The minimum absolute atomic E-state index is 0. The minimum atomic E-state index is -3.67. The number of hydrogen-bond donors (Lipinski definition) is 1. The first-order valence-electron chi connectivity index (χ1n) is 3.71. The Balaban J connectivity index is -0.000000720. The van der Waals surface area contributed by atoms with Crippen LogP contribution in [0.4, 0.5) is 0 Å². The van der Waals surface area contributed by atoms with Crippen molar-refractivity contribution in [3.63, 3.8) is 0 Å². The second kappa shape index (κ2) is 7.42. The second-order valence-electron chi connectivity index (χ2n) is 2.87. The first-order valence-corrected chi connectivity index (χ1v) is 5.28. The van der Waals surface area contributed by atoms with Gasteiger partial charge in [-0.05, 0) is 12.0 Å². The SMILES string of the molecule is C=CC(=O)NOS(=O)(=O)CC(C)C.[H-].[Na+]. The molecule has 0 aromatic heterocycles. The number of hydrogen-bond acceptors (Lipinski definition) is 4. The molecule has 0 radical (unpaired) electrons. The Morgan fingerprint density at radius 1 is 1.64 bits per heavy atom. The largest absolute Gasteiger partial charge is 1.00 e. The summed E-state index contributed by atoms with van der Waals surface area (Å²) in [5.41, 5.74) is 1.73. The van der Waals surface area contributed by atoms with Crippen molar-refractivity contribution in [3.05, 3.63) is 12.7 Å². The molecule has 0 atom stereocenters. The van der Waals surface area contributed by atoms with E-state index in [0.29, 0.717) is 0 Å². The fourth-order valence-corrected chi connectivity index (χ4v) is 1.68. The minimum Gasteiger partial charge on any atom is -1.00 e. The first-order chi connectivity index (χ1) is 5.87. The van der Waals surface area contributed by atoms with Crippen molar-refractivity contribution >= 4 is 16.0 Å². The smallest absolute Gasteiger partial charge is 1.00 e. The van der Waals surface area contributed by atoms with Crippen LogP contribution < -0.4 is 35.0 Å². The first kappa shape index (κ1) is 16.5. The predicted octanol–water partition coefficient (Wildman–Crippen LogP) is -2.68. The number of rotatable bonds is 5. The van der Waals surface area contributed by atoms with Crippen LogP contribution in [0.15, 0.2) is 12.7 Å². The average molecular weight is 231 g/mol. The monoisotopic (exact) mass is 231 g/mol. The van der Waals surface area contributed by atoms with Gasteiger partial charge >= 0.3 is 29.6 Å². The molecule has 7 heteroatoms. The fraction of sp³-hybridized carbons (Fsp3) is 0.571. The van der Waals surface area contributed by atoms with E-state index in [4.69, 9.17) is 0 Å². The number of hydroxylamine groups is 1. The summed E-state index contributed by atoms with van der Waals surface area (Å²) in [5, 5.41) is 0. The molecule has 0 aliphatic rings. The van der Waals surface area contributed by atoms with Gasteiger partial charge in [-0.15, -0.1) is 4.28 Å². The van der Waals surface area contributed by atoms with Crippen molar-refractivity contribution in [1.29, 1.82) is 0 Å². The number of amides is 1. The van der Waals surface area contributed by atoms with Gasteiger partial charge in [0.1, 0.15) is 0 Å². The van der Waals surface area contributed by atoms with E-state index in [1.54, 1.807) is 19.3 Å². The molecule has 1 amide bonds. The summed E-state index contributed by atoms with van der Waals surface area (Å²) in [6, 6.07) is 0. The summed E-state index contributed by atoms with van der Waals surface area (Å²) in [4.78, 5) is 10.5. The fourth-order valence-electron chi connectivity index (χ4n) is 0.588. The molecule has 0 aromatic rings. The molecule has 14 heavy (non-hydrogen) atoms. The Kier molecular flexibility index (Phi) is 8.77. The van der Waals surface area contributed by atoms with Gasteiger partial charge in [-0.25, -0.2) is 5.48 Å². The Labute approximate surface area is 108 Å². The van der Waals surface area contributed by atoms with Crippen molar-refractivity contribution in [3.8, 4) is 0 Å². The van der Waals surface area contributed by atoms with Gasteiger partial charge in [0, 0.05) is 0 Å². The van der Waals surface area contributed by atoms with E-state index in [2.05, 4.69) is 10.9 Å². The zero-order valence-electron chi connectivity index (χ0n) is 9.61. The van der Waals surface area contributed by atoms with Gasteiger partial charge in [0.2, 0.25) is 0 Å². The zero-order chi connectivity index (χ0) is 10.5. The van der Waals surface area contributed by atoms with E-state index < -0.39 is 16.0 Å². The van der Waals surface area contributed by atoms with Gasteiger partial charge in [-0.3, -0.25) is 4.79 Å². The molecular formula is C7H14NNaO4S. The molecule has 0 saturated heterocycles. The maximum atomic E-state index is 11.0. The summed E-state index contributed by atoms with van der Waals surface area (Å²) in [7, 11) is -3.67. The van der Waals surface area contributed by atoms with Crippen LogP contribution >= 0.6 is 0 Å². The van der Waals surface area contributed by atoms with E-state index in [1.165, 1.54) is 0 Å². The van der Waals surface area contributed by atoms with E-state index in [-0.39, 0.29) is 42.7 Å². The second-order valence-corrected chi connectivity index (χ2v) is 4.49. The summed E-state index contributed by atoms with van der Waals surface area (Å²) < 4.78 is 26.2. The molecule has 0 saturated carbocycles. The summed E-state index contributed by atoms with van der Waals surface area (Å²) in [6.07, 6.45) is 0.922. The van der Waals surface area contributed by atoms with E-state index in [1.807, 2.05) is 0 Å². The molecule has 0 spiro atoms. The van der Waals surface area contributed by atoms with Crippen LogP contribution in [0.2, 0.25) is 0 Å². The topological polar surface area (TPSA) is 72.5 Å². The molecule has 0 aliphatic carbocycles.